The highest BCUT2D eigenvalue weighted by Gasteiger charge is 2.19. The average molecular weight is 185 g/mol. The quantitative estimate of drug-likeness (QED) is 0.652. The molecule has 0 saturated carbocycles. The third kappa shape index (κ3) is 2.39. The van der Waals surface area contributed by atoms with Gasteiger partial charge in [0.25, 0.3) is 0 Å². The van der Waals surface area contributed by atoms with E-state index >= 15 is 0 Å². The van der Waals surface area contributed by atoms with Crippen LogP contribution in [0.2, 0.25) is 0 Å². The van der Waals surface area contributed by atoms with E-state index in [0.29, 0.717) is 6.04 Å². The molecule has 0 bridgehead atoms. The summed E-state index contributed by atoms with van der Waals surface area (Å²) in [6.45, 7) is 1.07. The summed E-state index contributed by atoms with van der Waals surface area (Å²) >= 11 is 0. The van der Waals surface area contributed by atoms with Crippen LogP contribution in [0.1, 0.15) is 24.8 Å². The molecule has 1 saturated heterocycles. The highest BCUT2D eigenvalue weighted by Crippen LogP contribution is 2.19. The van der Waals surface area contributed by atoms with Crippen LogP contribution in [0, 0.1) is 0 Å². The van der Waals surface area contributed by atoms with Gasteiger partial charge in [-0.05, 0) is 43.8 Å². The van der Waals surface area contributed by atoms with Gasteiger partial charge in [-0.1, -0.05) is 30.3 Å². The fourth-order valence-corrected chi connectivity index (χ4v) is 2.15. The zero-order valence-electron chi connectivity index (χ0n) is 8.52. The molecule has 1 atom stereocenters. The van der Waals surface area contributed by atoms with Crippen molar-refractivity contribution in [1.29, 1.82) is 0 Å². The van der Waals surface area contributed by atoms with Gasteiger partial charge in [0.1, 0.15) is 0 Å². The molecule has 1 heterocycles. The first-order valence-electron chi connectivity index (χ1n) is 5.41. The van der Waals surface area contributed by atoms with Crippen molar-refractivity contribution in [3.8, 4) is 0 Å². The van der Waals surface area contributed by atoms with Crippen LogP contribution >= 0.6 is 0 Å². The maximum atomic E-state index is 5.88. The van der Waals surface area contributed by atoms with Crippen LogP contribution in [-0.2, 0) is 6.42 Å². The van der Waals surface area contributed by atoms with Gasteiger partial charge in [0.15, 0.2) is 7.98 Å². The van der Waals surface area contributed by atoms with E-state index in [1.807, 2.05) is 4.81 Å². The summed E-state index contributed by atoms with van der Waals surface area (Å²) in [6, 6.07) is 11.3. The first kappa shape index (κ1) is 9.79. The van der Waals surface area contributed by atoms with Gasteiger partial charge >= 0.3 is 0 Å². The van der Waals surface area contributed by atoms with Crippen LogP contribution in [0.4, 0.5) is 0 Å². The molecular formula is C12H16BN. The lowest BCUT2D eigenvalue weighted by molar-refractivity contribution is 0.397. The van der Waals surface area contributed by atoms with Crippen molar-refractivity contribution in [2.45, 2.75) is 31.7 Å². The molecule has 2 heteroatoms. The molecule has 0 aliphatic carbocycles. The number of rotatable bonds is 3. The zero-order chi connectivity index (χ0) is 9.80. The summed E-state index contributed by atoms with van der Waals surface area (Å²) in [7, 11) is 5.88. The van der Waals surface area contributed by atoms with Crippen LogP contribution in [0.3, 0.4) is 0 Å². The van der Waals surface area contributed by atoms with E-state index in [-0.39, 0.29) is 0 Å². The van der Waals surface area contributed by atoms with E-state index in [4.69, 9.17) is 7.98 Å². The normalized spacial score (nSPS) is 22.7. The van der Waals surface area contributed by atoms with E-state index in [2.05, 4.69) is 30.3 Å². The zero-order valence-corrected chi connectivity index (χ0v) is 8.52. The standard InChI is InChI=1S/C12H16BN/c13-14-10-4-7-12(14)9-8-11-5-2-1-3-6-11/h1-3,5-6,12H,4,7-10H2. The summed E-state index contributed by atoms with van der Waals surface area (Å²) in [4.78, 5) is 2.00. The molecule has 72 valence electrons. The second kappa shape index (κ2) is 4.65. The minimum absolute atomic E-state index is 0.607. The molecule has 1 unspecified atom stereocenters. The van der Waals surface area contributed by atoms with E-state index in [1.54, 1.807) is 0 Å². The first-order valence-corrected chi connectivity index (χ1v) is 5.41. The van der Waals surface area contributed by atoms with Gasteiger partial charge in [-0.25, -0.2) is 0 Å². The van der Waals surface area contributed by atoms with Gasteiger partial charge in [0.2, 0.25) is 0 Å². The van der Waals surface area contributed by atoms with Crippen molar-refractivity contribution in [2.24, 2.45) is 0 Å². The number of benzene rings is 1. The topological polar surface area (TPSA) is 3.24 Å². The molecule has 2 rings (SSSR count). The Morgan fingerprint density at radius 2 is 2.07 bits per heavy atom. The molecule has 0 spiro atoms. The summed E-state index contributed by atoms with van der Waals surface area (Å²) in [5, 5.41) is 0. The van der Waals surface area contributed by atoms with Crippen LogP contribution in [-0.4, -0.2) is 25.4 Å². The lowest BCUT2D eigenvalue weighted by Gasteiger charge is -2.19. The van der Waals surface area contributed by atoms with E-state index in [0.717, 1.165) is 13.0 Å². The van der Waals surface area contributed by atoms with Gasteiger partial charge in [-0.3, -0.25) is 0 Å². The van der Waals surface area contributed by atoms with Crippen LogP contribution in [0.25, 0.3) is 0 Å². The molecule has 2 radical (unpaired) electrons. The van der Waals surface area contributed by atoms with Gasteiger partial charge in [-0.2, -0.15) is 0 Å². The maximum Gasteiger partial charge on any atom is 0.182 e. The molecule has 1 aliphatic heterocycles. The Morgan fingerprint density at radius 1 is 1.29 bits per heavy atom. The minimum Gasteiger partial charge on any atom is -0.351 e. The summed E-state index contributed by atoms with van der Waals surface area (Å²) in [5.41, 5.74) is 1.42. The van der Waals surface area contributed by atoms with Crippen molar-refractivity contribution in [2.75, 3.05) is 6.54 Å². The van der Waals surface area contributed by atoms with Gasteiger partial charge in [0.05, 0.1) is 0 Å². The molecule has 14 heavy (non-hydrogen) atoms. The van der Waals surface area contributed by atoms with Crippen LogP contribution in [0.5, 0.6) is 0 Å². The van der Waals surface area contributed by atoms with Crippen molar-refractivity contribution in [3.05, 3.63) is 35.9 Å². The third-order valence-electron chi connectivity index (χ3n) is 3.03. The largest absolute Gasteiger partial charge is 0.351 e. The molecule has 1 fully saturated rings. The summed E-state index contributed by atoms with van der Waals surface area (Å²) in [5.74, 6) is 0. The van der Waals surface area contributed by atoms with Crippen LogP contribution < -0.4 is 0 Å². The molecule has 0 aromatic heterocycles. The van der Waals surface area contributed by atoms with Crippen molar-refractivity contribution in [3.63, 3.8) is 0 Å². The predicted octanol–water partition coefficient (Wildman–Crippen LogP) is 2.17. The second-order valence-corrected chi connectivity index (χ2v) is 4.06. The minimum atomic E-state index is 0.607. The Hall–Kier alpha value is -0.755. The van der Waals surface area contributed by atoms with Crippen molar-refractivity contribution < 1.29 is 0 Å². The first-order chi connectivity index (χ1) is 6.86. The van der Waals surface area contributed by atoms with E-state index in [1.165, 1.54) is 24.8 Å². The fraction of sp³-hybridized carbons (Fsp3) is 0.500. The lowest BCUT2D eigenvalue weighted by atomic mass is 10.0. The molecule has 1 aliphatic rings. The Labute approximate surface area is 87.5 Å². The Morgan fingerprint density at radius 3 is 2.71 bits per heavy atom. The SMILES string of the molecule is [B]N1CCCC1CCc1ccccc1. The fourth-order valence-electron chi connectivity index (χ4n) is 2.15. The predicted molar refractivity (Wildman–Crippen MR) is 60.2 cm³/mol. The highest BCUT2D eigenvalue weighted by atomic mass is 15.1. The molecule has 0 amide bonds. The summed E-state index contributed by atoms with van der Waals surface area (Å²) in [6.07, 6.45) is 4.87. The Bertz CT molecular complexity index is 273. The molecular weight excluding hydrogens is 169 g/mol. The Kier molecular flexibility index (Phi) is 3.25. The number of hydrogen-bond acceptors (Lipinski definition) is 1. The number of nitrogens with zero attached hydrogens (tertiary/aromatic N) is 1. The van der Waals surface area contributed by atoms with Crippen molar-refractivity contribution >= 4 is 7.98 Å². The highest BCUT2D eigenvalue weighted by molar-refractivity contribution is 6.04. The van der Waals surface area contributed by atoms with Crippen LogP contribution in [0.15, 0.2) is 30.3 Å². The molecule has 1 nitrogen and oxygen atoms in total. The van der Waals surface area contributed by atoms with E-state index < -0.39 is 0 Å². The van der Waals surface area contributed by atoms with E-state index in [9.17, 15) is 0 Å². The van der Waals surface area contributed by atoms with Crippen molar-refractivity contribution in [1.82, 2.24) is 4.81 Å². The number of hydrogen-bond donors (Lipinski definition) is 0. The second-order valence-electron chi connectivity index (χ2n) is 4.06. The third-order valence-corrected chi connectivity index (χ3v) is 3.03. The number of aryl methyl sites for hydroxylation is 1. The van der Waals surface area contributed by atoms with Gasteiger partial charge in [0, 0.05) is 0 Å². The average Bonchev–Trinajstić information content (AvgIpc) is 2.63. The van der Waals surface area contributed by atoms with Gasteiger partial charge < -0.3 is 4.81 Å². The van der Waals surface area contributed by atoms with Gasteiger partial charge in [-0.15, -0.1) is 0 Å². The smallest absolute Gasteiger partial charge is 0.182 e. The molecule has 0 N–H and O–H groups in total. The Balaban J connectivity index is 1.82. The lowest BCUT2D eigenvalue weighted by Crippen LogP contribution is -2.26. The molecule has 1 aromatic carbocycles. The molecule has 1 aromatic rings. The maximum absolute atomic E-state index is 5.88. The summed E-state index contributed by atoms with van der Waals surface area (Å²) < 4.78 is 0. The monoisotopic (exact) mass is 185 g/mol.